The Balaban J connectivity index is 3.04. The number of nitrogen functional groups attached to an aromatic ring is 1. The van der Waals surface area contributed by atoms with Crippen molar-refractivity contribution in [1.29, 1.82) is 0 Å². The molecule has 0 saturated heterocycles. The summed E-state index contributed by atoms with van der Waals surface area (Å²) in [5.41, 5.74) is 7.75. The number of anilines is 2. The van der Waals surface area contributed by atoms with Crippen LogP contribution < -0.4 is 15.4 Å². The Morgan fingerprint density at radius 1 is 1.29 bits per heavy atom. The molecule has 3 nitrogen and oxygen atoms in total. The average molecular weight is 194 g/mol. The zero-order valence-corrected chi connectivity index (χ0v) is 9.08. The van der Waals surface area contributed by atoms with Crippen molar-refractivity contribution in [2.24, 2.45) is 0 Å². The van der Waals surface area contributed by atoms with Crippen molar-refractivity contribution in [2.75, 3.05) is 30.8 Å². The molecule has 78 valence electrons. The molecule has 0 bridgehead atoms. The molecule has 0 fully saturated rings. The van der Waals surface area contributed by atoms with Crippen molar-refractivity contribution in [1.82, 2.24) is 0 Å². The van der Waals surface area contributed by atoms with Gasteiger partial charge in [-0.05, 0) is 26.0 Å². The van der Waals surface area contributed by atoms with Crippen LogP contribution in [0.25, 0.3) is 0 Å². The molecule has 1 aromatic rings. The second-order valence-corrected chi connectivity index (χ2v) is 3.10. The highest BCUT2D eigenvalue weighted by Crippen LogP contribution is 2.27. The van der Waals surface area contributed by atoms with E-state index < -0.39 is 0 Å². The maximum atomic E-state index is 5.90. The molecule has 1 aromatic carbocycles. The van der Waals surface area contributed by atoms with E-state index in [2.05, 4.69) is 18.7 Å². The summed E-state index contributed by atoms with van der Waals surface area (Å²) in [6.45, 7) is 6.13. The normalized spacial score (nSPS) is 9.93. The Kier molecular flexibility index (Phi) is 3.63. The number of methoxy groups -OCH3 is 1. The van der Waals surface area contributed by atoms with Crippen LogP contribution in [-0.2, 0) is 0 Å². The molecule has 0 aliphatic heterocycles. The number of ether oxygens (including phenoxy) is 1. The van der Waals surface area contributed by atoms with E-state index in [1.807, 2.05) is 18.2 Å². The van der Waals surface area contributed by atoms with E-state index in [1.165, 1.54) is 0 Å². The van der Waals surface area contributed by atoms with Crippen LogP contribution in [0.4, 0.5) is 11.4 Å². The van der Waals surface area contributed by atoms with Crippen molar-refractivity contribution < 1.29 is 4.74 Å². The quantitative estimate of drug-likeness (QED) is 0.746. The van der Waals surface area contributed by atoms with Gasteiger partial charge in [0.1, 0.15) is 5.75 Å². The van der Waals surface area contributed by atoms with Crippen molar-refractivity contribution in [3.05, 3.63) is 18.2 Å². The fraction of sp³-hybridized carbons (Fsp3) is 0.455. The third kappa shape index (κ3) is 2.10. The topological polar surface area (TPSA) is 38.5 Å². The van der Waals surface area contributed by atoms with Gasteiger partial charge in [0.05, 0.1) is 18.5 Å². The van der Waals surface area contributed by atoms with Crippen LogP contribution in [0.2, 0.25) is 0 Å². The van der Waals surface area contributed by atoms with E-state index in [0.717, 1.165) is 30.2 Å². The van der Waals surface area contributed by atoms with Crippen LogP contribution in [0.15, 0.2) is 18.2 Å². The highest BCUT2D eigenvalue weighted by Gasteiger charge is 2.06. The molecule has 0 spiro atoms. The van der Waals surface area contributed by atoms with Crippen molar-refractivity contribution in [3.63, 3.8) is 0 Å². The third-order valence-electron chi connectivity index (χ3n) is 2.34. The summed E-state index contributed by atoms with van der Waals surface area (Å²) in [5.74, 6) is 0.848. The summed E-state index contributed by atoms with van der Waals surface area (Å²) in [7, 11) is 1.66. The SMILES string of the molecule is CCN(CC)c1cc(OC)ccc1N. The largest absolute Gasteiger partial charge is 0.497 e. The van der Waals surface area contributed by atoms with E-state index in [9.17, 15) is 0 Å². The fourth-order valence-corrected chi connectivity index (χ4v) is 1.49. The molecular formula is C11H18N2O. The smallest absolute Gasteiger partial charge is 0.121 e. The molecule has 0 heterocycles. The van der Waals surface area contributed by atoms with Crippen LogP contribution in [0, 0.1) is 0 Å². The van der Waals surface area contributed by atoms with Crippen molar-refractivity contribution >= 4 is 11.4 Å². The second-order valence-electron chi connectivity index (χ2n) is 3.10. The Bertz CT molecular complexity index is 295. The number of rotatable bonds is 4. The molecule has 0 aromatic heterocycles. The van der Waals surface area contributed by atoms with E-state index in [-0.39, 0.29) is 0 Å². The minimum atomic E-state index is 0.800. The van der Waals surface area contributed by atoms with Gasteiger partial charge >= 0.3 is 0 Å². The van der Waals surface area contributed by atoms with Gasteiger partial charge in [-0.2, -0.15) is 0 Å². The standard InChI is InChI=1S/C11H18N2O/c1-4-13(5-2)11-8-9(14-3)6-7-10(11)12/h6-8H,4-5,12H2,1-3H3. The number of nitrogens with two attached hydrogens (primary N) is 1. The van der Waals surface area contributed by atoms with Gasteiger partial charge in [-0.15, -0.1) is 0 Å². The summed E-state index contributed by atoms with van der Waals surface area (Å²) in [5, 5.41) is 0. The van der Waals surface area contributed by atoms with Crippen LogP contribution in [0.3, 0.4) is 0 Å². The molecule has 2 N–H and O–H groups in total. The highest BCUT2D eigenvalue weighted by atomic mass is 16.5. The van der Waals surface area contributed by atoms with Gasteiger partial charge in [0.2, 0.25) is 0 Å². The molecule has 1 rings (SSSR count). The summed E-state index contributed by atoms with van der Waals surface area (Å²) in [6.07, 6.45) is 0. The highest BCUT2D eigenvalue weighted by molar-refractivity contribution is 5.69. The predicted molar refractivity (Wildman–Crippen MR) is 61.0 cm³/mol. The Labute approximate surface area is 85.5 Å². The second kappa shape index (κ2) is 4.74. The lowest BCUT2D eigenvalue weighted by Gasteiger charge is -2.23. The van der Waals surface area contributed by atoms with Crippen LogP contribution in [0.5, 0.6) is 5.75 Å². The molecule has 0 atom stereocenters. The fourth-order valence-electron chi connectivity index (χ4n) is 1.49. The Morgan fingerprint density at radius 2 is 1.93 bits per heavy atom. The maximum absolute atomic E-state index is 5.90. The molecule has 0 radical (unpaired) electrons. The van der Waals surface area contributed by atoms with Crippen LogP contribution >= 0.6 is 0 Å². The summed E-state index contributed by atoms with van der Waals surface area (Å²) < 4.78 is 5.17. The molecule has 0 aliphatic rings. The van der Waals surface area contributed by atoms with E-state index in [0.29, 0.717) is 0 Å². The molecule has 0 amide bonds. The summed E-state index contributed by atoms with van der Waals surface area (Å²) >= 11 is 0. The first-order chi connectivity index (χ1) is 6.72. The lowest BCUT2D eigenvalue weighted by molar-refractivity contribution is 0.415. The van der Waals surface area contributed by atoms with Crippen molar-refractivity contribution in [2.45, 2.75) is 13.8 Å². The number of hydrogen-bond donors (Lipinski definition) is 1. The first kappa shape index (κ1) is 10.7. The van der Waals surface area contributed by atoms with Gasteiger partial charge in [0.25, 0.3) is 0 Å². The summed E-state index contributed by atoms with van der Waals surface area (Å²) in [4.78, 5) is 2.21. The molecule has 14 heavy (non-hydrogen) atoms. The van der Waals surface area contributed by atoms with E-state index >= 15 is 0 Å². The third-order valence-corrected chi connectivity index (χ3v) is 2.34. The molecule has 3 heteroatoms. The molecule has 0 saturated carbocycles. The summed E-state index contributed by atoms with van der Waals surface area (Å²) in [6, 6.07) is 5.73. The van der Waals surface area contributed by atoms with Gasteiger partial charge in [0, 0.05) is 19.2 Å². The minimum Gasteiger partial charge on any atom is -0.497 e. The average Bonchev–Trinajstić information content (AvgIpc) is 2.22. The first-order valence-electron chi connectivity index (χ1n) is 4.91. The van der Waals surface area contributed by atoms with Gasteiger partial charge in [0.15, 0.2) is 0 Å². The van der Waals surface area contributed by atoms with Crippen molar-refractivity contribution in [3.8, 4) is 5.75 Å². The monoisotopic (exact) mass is 194 g/mol. The molecule has 0 unspecified atom stereocenters. The van der Waals surface area contributed by atoms with E-state index in [1.54, 1.807) is 7.11 Å². The Hall–Kier alpha value is -1.38. The van der Waals surface area contributed by atoms with E-state index in [4.69, 9.17) is 10.5 Å². The van der Waals surface area contributed by atoms with Crippen LogP contribution in [0.1, 0.15) is 13.8 Å². The lowest BCUT2D eigenvalue weighted by atomic mass is 10.2. The van der Waals surface area contributed by atoms with Gasteiger partial charge in [-0.25, -0.2) is 0 Å². The minimum absolute atomic E-state index is 0.800. The molecule has 0 aliphatic carbocycles. The van der Waals surface area contributed by atoms with Gasteiger partial charge < -0.3 is 15.4 Å². The first-order valence-corrected chi connectivity index (χ1v) is 4.91. The zero-order chi connectivity index (χ0) is 10.6. The lowest BCUT2D eigenvalue weighted by Crippen LogP contribution is -2.22. The Morgan fingerprint density at radius 3 is 2.43 bits per heavy atom. The predicted octanol–water partition coefficient (Wildman–Crippen LogP) is 2.12. The van der Waals surface area contributed by atoms with Gasteiger partial charge in [-0.1, -0.05) is 0 Å². The number of hydrogen-bond acceptors (Lipinski definition) is 3. The zero-order valence-electron chi connectivity index (χ0n) is 9.08. The van der Waals surface area contributed by atoms with Crippen LogP contribution in [-0.4, -0.2) is 20.2 Å². The number of benzene rings is 1. The van der Waals surface area contributed by atoms with Gasteiger partial charge in [-0.3, -0.25) is 0 Å². The number of nitrogens with zero attached hydrogens (tertiary/aromatic N) is 1. The molecular weight excluding hydrogens is 176 g/mol. The maximum Gasteiger partial charge on any atom is 0.121 e.